The lowest BCUT2D eigenvalue weighted by Crippen LogP contribution is -2.37. The summed E-state index contributed by atoms with van der Waals surface area (Å²) in [6.07, 6.45) is 4.91. The van der Waals surface area contributed by atoms with Gasteiger partial charge in [-0.2, -0.15) is 0 Å². The topological polar surface area (TPSA) is 53.2 Å². The molecule has 1 atom stereocenters. The Labute approximate surface area is 144 Å². The molecule has 24 heavy (non-hydrogen) atoms. The Morgan fingerprint density at radius 1 is 1.25 bits per heavy atom. The van der Waals surface area contributed by atoms with E-state index in [1.54, 1.807) is 11.0 Å². The number of aromatic nitrogens is 1. The van der Waals surface area contributed by atoms with E-state index in [1.807, 2.05) is 6.07 Å². The molecule has 1 aliphatic rings. The van der Waals surface area contributed by atoms with E-state index in [2.05, 4.69) is 4.98 Å². The minimum Gasteiger partial charge on any atom is -0.331 e. The van der Waals surface area contributed by atoms with Gasteiger partial charge in [0.1, 0.15) is 11.4 Å². The van der Waals surface area contributed by atoms with Gasteiger partial charge in [-0.05, 0) is 36.6 Å². The lowest BCUT2D eigenvalue weighted by Gasteiger charge is -2.30. The summed E-state index contributed by atoms with van der Waals surface area (Å²) in [6.45, 7) is 0.534. The van der Waals surface area contributed by atoms with E-state index in [4.69, 9.17) is 11.6 Å². The smallest absolute Gasteiger partial charge is 0.260 e. The second-order valence-electron chi connectivity index (χ2n) is 5.98. The zero-order valence-corrected chi connectivity index (χ0v) is 13.9. The molecule has 0 saturated carbocycles. The van der Waals surface area contributed by atoms with E-state index in [1.165, 1.54) is 24.4 Å². The normalized spacial score (nSPS) is 18.2. The highest BCUT2D eigenvalue weighted by atomic mass is 35.5. The highest BCUT2D eigenvalue weighted by Gasteiger charge is 2.29. The first kappa shape index (κ1) is 16.7. The number of hydrogen-bond acceptors (Lipinski definition) is 2. The predicted molar refractivity (Wildman–Crippen MR) is 90.7 cm³/mol. The number of aromatic amines is 1. The van der Waals surface area contributed by atoms with Crippen molar-refractivity contribution in [1.82, 2.24) is 9.88 Å². The molecule has 4 nitrogen and oxygen atoms in total. The Kier molecular flexibility index (Phi) is 5.00. The number of benzene rings is 1. The molecule has 0 radical (unpaired) electrons. The molecule has 1 unspecified atom stereocenters. The van der Waals surface area contributed by atoms with E-state index >= 15 is 0 Å². The van der Waals surface area contributed by atoms with Crippen molar-refractivity contribution < 1.29 is 9.18 Å². The summed E-state index contributed by atoms with van der Waals surface area (Å²) in [7, 11) is 0. The number of carbonyl (C=O) groups is 1. The van der Waals surface area contributed by atoms with Crippen molar-refractivity contribution in [2.24, 2.45) is 0 Å². The van der Waals surface area contributed by atoms with Crippen molar-refractivity contribution in [1.29, 1.82) is 0 Å². The van der Waals surface area contributed by atoms with Crippen LogP contribution in [0.5, 0.6) is 0 Å². The van der Waals surface area contributed by atoms with Gasteiger partial charge in [-0.15, -0.1) is 0 Å². The molecule has 2 heterocycles. The molecule has 1 N–H and O–H groups in total. The van der Waals surface area contributed by atoms with Crippen molar-refractivity contribution in [3.05, 3.63) is 68.8 Å². The van der Waals surface area contributed by atoms with Crippen LogP contribution in [0.1, 0.15) is 47.6 Å². The third-order valence-electron chi connectivity index (χ3n) is 4.35. The van der Waals surface area contributed by atoms with E-state index in [0.717, 1.165) is 31.2 Å². The Balaban J connectivity index is 1.99. The molecule has 1 saturated heterocycles. The monoisotopic (exact) mass is 348 g/mol. The number of carbonyl (C=O) groups excluding carboxylic acids is 1. The SMILES string of the molecule is O=C(c1cc(Cl)c[nH]c1=O)N1CCCCCC1c1cccc(F)c1. The fourth-order valence-electron chi connectivity index (χ4n) is 3.18. The fraction of sp³-hybridized carbons (Fsp3) is 0.333. The quantitative estimate of drug-likeness (QED) is 0.894. The van der Waals surface area contributed by atoms with E-state index in [-0.39, 0.29) is 23.3 Å². The minimum atomic E-state index is -0.466. The first-order chi connectivity index (χ1) is 11.6. The molecule has 126 valence electrons. The van der Waals surface area contributed by atoms with Gasteiger partial charge >= 0.3 is 0 Å². The predicted octanol–water partition coefficient (Wildman–Crippen LogP) is 3.92. The minimum absolute atomic E-state index is 0.0193. The van der Waals surface area contributed by atoms with Crippen LogP contribution >= 0.6 is 11.6 Å². The number of halogens is 2. The molecular weight excluding hydrogens is 331 g/mol. The number of hydrogen-bond donors (Lipinski definition) is 1. The standard InChI is InChI=1S/C18H18ClFN2O2/c19-13-10-15(17(23)21-11-13)18(24)22-8-3-1-2-7-16(22)12-5-4-6-14(20)9-12/h4-6,9-11,16H,1-3,7-8H2,(H,21,23). The van der Waals surface area contributed by atoms with Crippen LogP contribution in [0.4, 0.5) is 4.39 Å². The maximum atomic E-state index is 13.6. The number of H-pyrrole nitrogens is 1. The van der Waals surface area contributed by atoms with Gasteiger partial charge in [0.25, 0.3) is 11.5 Å². The Morgan fingerprint density at radius 2 is 2.08 bits per heavy atom. The molecule has 6 heteroatoms. The van der Waals surface area contributed by atoms with Crippen LogP contribution in [0, 0.1) is 5.82 Å². The van der Waals surface area contributed by atoms with Crippen molar-refractivity contribution in [3.63, 3.8) is 0 Å². The molecule has 1 aromatic heterocycles. The number of likely N-dealkylation sites (tertiary alicyclic amines) is 1. The molecule has 1 fully saturated rings. The van der Waals surface area contributed by atoms with Crippen LogP contribution in [0.3, 0.4) is 0 Å². The molecule has 1 amide bonds. The van der Waals surface area contributed by atoms with Gasteiger partial charge in [0.15, 0.2) is 0 Å². The van der Waals surface area contributed by atoms with Crippen molar-refractivity contribution >= 4 is 17.5 Å². The Bertz CT molecular complexity index is 806. The molecule has 1 aliphatic heterocycles. The van der Waals surface area contributed by atoms with Gasteiger partial charge in [-0.1, -0.05) is 36.6 Å². The fourth-order valence-corrected chi connectivity index (χ4v) is 3.35. The zero-order chi connectivity index (χ0) is 17.1. The number of nitrogens with one attached hydrogen (secondary N) is 1. The summed E-state index contributed by atoms with van der Waals surface area (Å²) in [5.74, 6) is -0.695. The molecule has 2 aromatic rings. The van der Waals surface area contributed by atoms with Gasteiger partial charge in [0.2, 0.25) is 0 Å². The zero-order valence-electron chi connectivity index (χ0n) is 13.1. The van der Waals surface area contributed by atoms with E-state index in [0.29, 0.717) is 11.6 Å². The highest BCUT2D eigenvalue weighted by molar-refractivity contribution is 6.30. The lowest BCUT2D eigenvalue weighted by atomic mass is 10.00. The van der Waals surface area contributed by atoms with Crippen molar-refractivity contribution in [3.8, 4) is 0 Å². The molecular formula is C18H18ClFN2O2. The Hall–Kier alpha value is -2.14. The first-order valence-electron chi connectivity index (χ1n) is 8.01. The molecule has 3 rings (SSSR count). The maximum Gasteiger partial charge on any atom is 0.260 e. The third kappa shape index (κ3) is 3.51. The number of rotatable bonds is 2. The molecule has 0 aliphatic carbocycles. The first-order valence-corrected chi connectivity index (χ1v) is 8.39. The number of pyridine rings is 1. The lowest BCUT2D eigenvalue weighted by molar-refractivity contribution is 0.0678. The molecule has 0 bridgehead atoms. The van der Waals surface area contributed by atoms with Crippen LogP contribution in [-0.2, 0) is 0 Å². The van der Waals surface area contributed by atoms with E-state index < -0.39 is 5.56 Å². The Morgan fingerprint density at radius 3 is 2.88 bits per heavy atom. The largest absolute Gasteiger partial charge is 0.331 e. The van der Waals surface area contributed by atoms with Gasteiger partial charge in [-0.25, -0.2) is 4.39 Å². The van der Waals surface area contributed by atoms with Crippen LogP contribution in [0.25, 0.3) is 0 Å². The second kappa shape index (κ2) is 7.18. The van der Waals surface area contributed by atoms with Crippen LogP contribution < -0.4 is 5.56 Å². The second-order valence-corrected chi connectivity index (χ2v) is 6.42. The average molecular weight is 349 g/mol. The van der Waals surface area contributed by atoms with Crippen LogP contribution in [0.15, 0.2) is 41.3 Å². The van der Waals surface area contributed by atoms with Gasteiger partial charge < -0.3 is 9.88 Å². The highest BCUT2D eigenvalue weighted by Crippen LogP contribution is 2.31. The summed E-state index contributed by atoms with van der Waals surface area (Å²) in [4.78, 5) is 29.1. The molecule has 1 aromatic carbocycles. The summed E-state index contributed by atoms with van der Waals surface area (Å²) in [5, 5.41) is 0.301. The third-order valence-corrected chi connectivity index (χ3v) is 4.56. The van der Waals surface area contributed by atoms with Crippen molar-refractivity contribution in [2.75, 3.05) is 6.54 Å². The van der Waals surface area contributed by atoms with Gasteiger partial charge in [0, 0.05) is 12.7 Å². The average Bonchev–Trinajstić information content (AvgIpc) is 2.82. The number of amides is 1. The summed E-state index contributed by atoms with van der Waals surface area (Å²) in [6, 6.07) is 7.45. The number of nitrogens with zero attached hydrogens (tertiary/aromatic N) is 1. The van der Waals surface area contributed by atoms with Gasteiger partial charge in [0.05, 0.1) is 11.1 Å². The van der Waals surface area contributed by atoms with E-state index in [9.17, 15) is 14.0 Å². The van der Waals surface area contributed by atoms with Crippen molar-refractivity contribution in [2.45, 2.75) is 31.7 Å². The van der Waals surface area contributed by atoms with Gasteiger partial charge in [-0.3, -0.25) is 9.59 Å². The summed E-state index contributed by atoms with van der Waals surface area (Å²) >= 11 is 5.92. The summed E-state index contributed by atoms with van der Waals surface area (Å²) < 4.78 is 13.6. The van der Waals surface area contributed by atoms with Crippen LogP contribution in [0.2, 0.25) is 5.02 Å². The van der Waals surface area contributed by atoms with Crippen LogP contribution in [-0.4, -0.2) is 22.3 Å². The summed E-state index contributed by atoms with van der Waals surface area (Å²) in [5.41, 5.74) is 0.307. The maximum absolute atomic E-state index is 13.6. The molecule has 0 spiro atoms.